The summed E-state index contributed by atoms with van der Waals surface area (Å²) in [5, 5.41) is 10.1. The zero-order valence-electron chi connectivity index (χ0n) is 14.7. The molecule has 1 aliphatic rings. The Labute approximate surface area is 153 Å². The molecular weight excluding hydrogens is 391 g/mol. The number of hydrogen-bond acceptors (Lipinski definition) is 3. The van der Waals surface area contributed by atoms with Gasteiger partial charge in [0.2, 0.25) is 0 Å². The average Bonchev–Trinajstić information content (AvgIpc) is 3.21. The van der Waals surface area contributed by atoms with E-state index in [9.17, 15) is 0 Å². The lowest BCUT2D eigenvalue weighted by atomic mass is 10.1. The van der Waals surface area contributed by atoms with Crippen molar-refractivity contribution in [1.29, 1.82) is 0 Å². The van der Waals surface area contributed by atoms with Crippen molar-refractivity contribution in [3.05, 3.63) is 0 Å². The van der Waals surface area contributed by atoms with Crippen LogP contribution in [-0.2, 0) is 4.74 Å². The second kappa shape index (κ2) is 12.4. The first kappa shape index (κ1) is 21.9. The molecule has 22 heavy (non-hydrogen) atoms. The number of hydrogen-bond donors (Lipinski definition) is 3. The molecule has 0 spiro atoms. The minimum absolute atomic E-state index is 0. The fourth-order valence-corrected chi connectivity index (χ4v) is 1.85. The molecule has 0 unspecified atom stereocenters. The van der Waals surface area contributed by atoms with Gasteiger partial charge in [0.15, 0.2) is 5.96 Å². The summed E-state index contributed by atoms with van der Waals surface area (Å²) >= 11 is 0. The van der Waals surface area contributed by atoms with E-state index in [2.05, 4.69) is 48.6 Å². The van der Waals surface area contributed by atoms with Gasteiger partial charge in [-0.15, -0.1) is 24.0 Å². The van der Waals surface area contributed by atoms with Gasteiger partial charge in [-0.1, -0.05) is 0 Å². The summed E-state index contributed by atoms with van der Waals surface area (Å²) in [6.07, 6.45) is 3.70. The summed E-state index contributed by atoms with van der Waals surface area (Å²) in [6, 6.07) is 0. The van der Waals surface area contributed by atoms with Gasteiger partial charge in [0, 0.05) is 44.9 Å². The van der Waals surface area contributed by atoms with Gasteiger partial charge in [-0.2, -0.15) is 0 Å². The van der Waals surface area contributed by atoms with Crippen LogP contribution >= 0.6 is 24.0 Å². The number of nitrogens with zero attached hydrogens (tertiary/aromatic N) is 1. The lowest BCUT2D eigenvalue weighted by Gasteiger charge is -2.21. The van der Waals surface area contributed by atoms with Gasteiger partial charge in [0.05, 0.1) is 0 Å². The van der Waals surface area contributed by atoms with Gasteiger partial charge in [0.25, 0.3) is 0 Å². The predicted molar refractivity (Wildman–Crippen MR) is 105 cm³/mol. The number of aliphatic imine (C=N–C) groups is 1. The van der Waals surface area contributed by atoms with Crippen LogP contribution in [0.1, 0.15) is 47.0 Å². The average molecular weight is 426 g/mol. The second-order valence-corrected chi connectivity index (χ2v) is 6.74. The van der Waals surface area contributed by atoms with E-state index < -0.39 is 0 Å². The fourth-order valence-electron chi connectivity index (χ4n) is 1.85. The zero-order chi connectivity index (χ0) is 15.6. The molecular formula is C16H35IN4O. The van der Waals surface area contributed by atoms with Crippen molar-refractivity contribution in [3.8, 4) is 0 Å². The van der Waals surface area contributed by atoms with E-state index in [0.717, 1.165) is 57.7 Å². The molecule has 0 saturated heterocycles. The number of ether oxygens (including phenoxy) is 1. The quantitative estimate of drug-likeness (QED) is 0.217. The SMILES string of the molecule is CCNC(=NCCCOCC1CC1)NCCNC(C)(C)C.I. The molecule has 0 aromatic heterocycles. The Bertz CT molecular complexity index is 301. The van der Waals surface area contributed by atoms with Crippen LogP contribution in [0.2, 0.25) is 0 Å². The van der Waals surface area contributed by atoms with E-state index in [0.29, 0.717) is 0 Å². The second-order valence-electron chi connectivity index (χ2n) is 6.74. The molecule has 0 radical (unpaired) electrons. The number of rotatable bonds is 10. The molecule has 3 N–H and O–H groups in total. The first-order valence-corrected chi connectivity index (χ1v) is 8.36. The molecule has 1 fully saturated rings. The summed E-state index contributed by atoms with van der Waals surface area (Å²) in [7, 11) is 0. The highest BCUT2D eigenvalue weighted by molar-refractivity contribution is 14.0. The Morgan fingerprint density at radius 2 is 1.91 bits per heavy atom. The Morgan fingerprint density at radius 1 is 1.18 bits per heavy atom. The van der Waals surface area contributed by atoms with Crippen molar-refractivity contribution in [2.75, 3.05) is 39.4 Å². The Balaban J connectivity index is 0.00000441. The maximum absolute atomic E-state index is 5.62. The topological polar surface area (TPSA) is 57.7 Å². The Kier molecular flexibility index (Phi) is 12.3. The van der Waals surface area contributed by atoms with E-state index in [4.69, 9.17) is 4.74 Å². The van der Waals surface area contributed by atoms with Crippen molar-refractivity contribution < 1.29 is 4.74 Å². The minimum Gasteiger partial charge on any atom is -0.381 e. The third kappa shape index (κ3) is 13.6. The van der Waals surface area contributed by atoms with Crippen LogP contribution in [0.5, 0.6) is 0 Å². The Hall–Kier alpha value is -0.0800. The van der Waals surface area contributed by atoms with Gasteiger partial charge in [-0.25, -0.2) is 0 Å². The van der Waals surface area contributed by atoms with Crippen molar-refractivity contribution in [1.82, 2.24) is 16.0 Å². The molecule has 6 heteroatoms. The zero-order valence-corrected chi connectivity index (χ0v) is 17.0. The van der Waals surface area contributed by atoms with Gasteiger partial charge in [-0.3, -0.25) is 4.99 Å². The van der Waals surface area contributed by atoms with Crippen molar-refractivity contribution in [3.63, 3.8) is 0 Å². The van der Waals surface area contributed by atoms with Crippen LogP contribution < -0.4 is 16.0 Å². The highest BCUT2D eigenvalue weighted by Gasteiger charge is 2.20. The summed E-state index contributed by atoms with van der Waals surface area (Å²) in [6.45, 7) is 13.9. The molecule has 132 valence electrons. The molecule has 0 heterocycles. The van der Waals surface area contributed by atoms with Crippen molar-refractivity contribution in [2.45, 2.75) is 52.5 Å². The maximum atomic E-state index is 5.62. The smallest absolute Gasteiger partial charge is 0.191 e. The summed E-state index contributed by atoms with van der Waals surface area (Å²) in [5.74, 6) is 1.75. The molecule has 0 aliphatic heterocycles. The fraction of sp³-hybridized carbons (Fsp3) is 0.938. The third-order valence-electron chi connectivity index (χ3n) is 3.18. The number of halogens is 1. The Morgan fingerprint density at radius 3 is 2.50 bits per heavy atom. The lowest BCUT2D eigenvalue weighted by Crippen LogP contribution is -2.44. The van der Waals surface area contributed by atoms with E-state index in [1.807, 2.05) is 0 Å². The monoisotopic (exact) mass is 426 g/mol. The van der Waals surface area contributed by atoms with Crippen LogP contribution in [-0.4, -0.2) is 50.9 Å². The summed E-state index contributed by atoms with van der Waals surface area (Å²) in [5.41, 5.74) is 0.163. The van der Waals surface area contributed by atoms with Crippen LogP contribution in [0.3, 0.4) is 0 Å². The molecule has 1 aliphatic carbocycles. The molecule has 0 aromatic rings. The van der Waals surface area contributed by atoms with Crippen molar-refractivity contribution in [2.24, 2.45) is 10.9 Å². The van der Waals surface area contributed by atoms with Crippen LogP contribution in [0.4, 0.5) is 0 Å². The highest BCUT2D eigenvalue weighted by Crippen LogP contribution is 2.28. The third-order valence-corrected chi connectivity index (χ3v) is 3.18. The summed E-state index contributed by atoms with van der Waals surface area (Å²) in [4.78, 5) is 4.57. The van der Waals surface area contributed by atoms with E-state index in [1.165, 1.54) is 12.8 Å². The van der Waals surface area contributed by atoms with Gasteiger partial charge < -0.3 is 20.7 Å². The maximum Gasteiger partial charge on any atom is 0.191 e. The standard InChI is InChI=1S/C16H34N4O.HI/c1-5-17-15(19-10-11-20-16(2,3)4)18-9-6-12-21-13-14-7-8-14;/h14,20H,5-13H2,1-4H3,(H2,17,18,19);1H. The normalized spacial score (nSPS) is 15.4. The van der Waals surface area contributed by atoms with E-state index in [-0.39, 0.29) is 29.5 Å². The van der Waals surface area contributed by atoms with Crippen LogP contribution in [0.15, 0.2) is 4.99 Å². The van der Waals surface area contributed by atoms with Crippen LogP contribution in [0, 0.1) is 5.92 Å². The molecule has 0 amide bonds. The predicted octanol–water partition coefficient (Wildman–Crippen LogP) is 2.36. The van der Waals surface area contributed by atoms with E-state index >= 15 is 0 Å². The molecule has 1 rings (SSSR count). The largest absolute Gasteiger partial charge is 0.381 e. The summed E-state index contributed by atoms with van der Waals surface area (Å²) < 4.78 is 5.62. The molecule has 0 atom stereocenters. The highest BCUT2D eigenvalue weighted by atomic mass is 127. The lowest BCUT2D eigenvalue weighted by molar-refractivity contribution is 0.123. The first-order valence-electron chi connectivity index (χ1n) is 8.36. The number of nitrogens with one attached hydrogen (secondary N) is 3. The van der Waals surface area contributed by atoms with E-state index in [1.54, 1.807) is 0 Å². The molecule has 1 saturated carbocycles. The number of guanidine groups is 1. The van der Waals surface area contributed by atoms with Gasteiger partial charge in [0.1, 0.15) is 0 Å². The van der Waals surface area contributed by atoms with Crippen LogP contribution in [0.25, 0.3) is 0 Å². The van der Waals surface area contributed by atoms with Crippen molar-refractivity contribution >= 4 is 29.9 Å². The first-order chi connectivity index (χ1) is 10.0. The van der Waals surface area contributed by atoms with Gasteiger partial charge >= 0.3 is 0 Å². The molecule has 0 bridgehead atoms. The minimum atomic E-state index is 0. The molecule has 5 nitrogen and oxygen atoms in total. The molecule has 0 aromatic carbocycles. The van der Waals surface area contributed by atoms with Gasteiger partial charge in [-0.05, 0) is 52.9 Å².